The molecule has 1 atom stereocenters. The minimum Gasteiger partial charge on any atom is -0.348 e. The van der Waals surface area contributed by atoms with Crippen LogP contribution in [0.4, 0.5) is 5.69 Å². The van der Waals surface area contributed by atoms with Gasteiger partial charge >= 0.3 is 0 Å². The molecule has 0 radical (unpaired) electrons. The van der Waals surface area contributed by atoms with Crippen molar-refractivity contribution in [2.24, 2.45) is 17.6 Å². The van der Waals surface area contributed by atoms with Crippen molar-refractivity contribution in [1.29, 1.82) is 0 Å². The lowest BCUT2D eigenvalue weighted by atomic mass is 10.1. The van der Waals surface area contributed by atoms with E-state index in [1.54, 1.807) is 18.2 Å². The van der Waals surface area contributed by atoms with Gasteiger partial charge in [-0.05, 0) is 42.9 Å². The highest BCUT2D eigenvalue weighted by atomic mass is 35.5. The van der Waals surface area contributed by atoms with Gasteiger partial charge in [-0.3, -0.25) is 9.59 Å². The van der Waals surface area contributed by atoms with Crippen molar-refractivity contribution in [3.05, 3.63) is 28.8 Å². The molecule has 24 heavy (non-hydrogen) atoms. The van der Waals surface area contributed by atoms with Crippen molar-refractivity contribution in [2.75, 3.05) is 11.9 Å². The highest BCUT2D eigenvalue weighted by Crippen LogP contribution is 2.32. The number of amides is 2. The summed E-state index contributed by atoms with van der Waals surface area (Å²) < 4.78 is 0. The summed E-state index contributed by atoms with van der Waals surface area (Å²) in [5.74, 6) is 0.411. The van der Waals surface area contributed by atoms with Crippen molar-refractivity contribution >= 4 is 41.5 Å². The second kappa shape index (κ2) is 9.25. The lowest BCUT2D eigenvalue weighted by Gasteiger charge is -2.17. The zero-order chi connectivity index (χ0) is 17.0. The number of nitrogens with one attached hydrogen (secondary N) is 2. The Labute approximate surface area is 154 Å². The predicted octanol–water partition coefficient (Wildman–Crippen LogP) is 3.21. The molecule has 1 aromatic carbocycles. The topological polar surface area (TPSA) is 84.2 Å². The van der Waals surface area contributed by atoms with Crippen molar-refractivity contribution in [3.8, 4) is 0 Å². The Hall–Kier alpha value is -1.30. The van der Waals surface area contributed by atoms with Crippen LogP contribution >= 0.6 is 24.0 Å². The molecular formula is C17H25Cl2N3O2. The van der Waals surface area contributed by atoms with E-state index < -0.39 is 0 Å². The molecule has 4 N–H and O–H groups in total. The molecule has 0 heterocycles. The normalized spacial score (nSPS) is 14.7. The molecule has 0 bridgehead atoms. The fourth-order valence-corrected chi connectivity index (χ4v) is 2.68. The summed E-state index contributed by atoms with van der Waals surface area (Å²) in [5, 5.41) is 6.09. The maximum Gasteiger partial charge on any atom is 0.253 e. The third-order valence-corrected chi connectivity index (χ3v) is 4.18. The van der Waals surface area contributed by atoms with Crippen LogP contribution in [0.1, 0.15) is 43.5 Å². The van der Waals surface area contributed by atoms with Crippen LogP contribution in [-0.2, 0) is 4.79 Å². The van der Waals surface area contributed by atoms with E-state index in [2.05, 4.69) is 10.6 Å². The zero-order valence-electron chi connectivity index (χ0n) is 14.0. The predicted molar refractivity (Wildman–Crippen MR) is 99.8 cm³/mol. The third-order valence-electron chi connectivity index (χ3n) is 3.85. The molecule has 0 aromatic heterocycles. The van der Waals surface area contributed by atoms with E-state index in [1.807, 2.05) is 13.8 Å². The molecule has 1 aliphatic carbocycles. The van der Waals surface area contributed by atoms with Crippen molar-refractivity contribution in [2.45, 2.75) is 39.2 Å². The summed E-state index contributed by atoms with van der Waals surface area (Å²) >= 11 is 6.13. The second-order valence-electron chi connectivity index (χ2n) is 6.49. The molecule has 0 aliphatic heterocycles. The quantitative estimate of drug-likeness (QED) is 0.685. The summed E-state index contributed by atoms with van der Waals surface area (Å²) in [6.45, 7) is 4.37. The van der Waals surface area contributed by atoms with Crippen molar-refractivity contribution in [1.82, 2.24) is 5.32 Å². The first-order valence-corrected chi connectivity index (χ1v) is 8.38. The molecule has 2 amide bonds. The van der Waals surface area contributed by atoms with Gasteiger partial charge in [0.25, 0.3) is 5.91 Å². The van der Waals surface area contributed by atoms with Crippen LogP contribution in [0.3, 0.4) is 0 Å². The second-order valence-corrected chi connectivity index (χ2v) is 6.90. The van der Waals surface area contributed by atoms with Crippen LogP contribution in [0.5, 0.6) is 0 Å². The van der Waals surface area contributed by atoms with Gasteiger partial charge in [-0.1, -0.05) is 25.4 Å². The van der Waals surface area contributed by atoms with Crippen molar-refractivity contribution in [3.63, 3.8) is 0 Å². The van der Waals surface area contributed by atoms with E-state index in [1.165, 1.54) is 0 Å². The van der Waals surface area contributed by atoms with Gasteiger partial charge in [-0.25, -0.2) is 0 Å². The molecule has 0 spiro atoms. The van der Waals surface area contributed by atoms with E-state index in [0.717, 1.165) is 12.8 Å². The van der Waals surface area contributed by atoms with E-state index >= 15 is 0 Å². The summed E-state index contributed by atoms with van der Waals surface area (Å²) in [7, 11) is 0. The highest BCUT2D eigenvalue weighted by Gasteiger charge is 2.31. The maximum atomic E-state index is 12.4. The largest absolute Gasteiger partial charge is 0.348 e. The highest BCUT2D eigenvalue weighted by molar-refractivity contribution is 6.34. The number of rotatable bonds is 7. The number of halogens is 2. The standard InChI is InChI=1S/C17H24ClN3O2.ClH/c1-10(2)7-16(22)20-12-5-6-14(18)13(8-12)17(23)21-15(9-19)11-3-4-11;/h5-6,8,10-11,15H,3-4,7,9,19H2,1-2H3,(H,20,22)(H,21,23);1H. The third kappa shape index (κ3) is 5.96. The Bertz CT molecular complexity index is 589. The van der Waals surface area contributed by atoms with Gasteiger partial charge < -0.3 is 16.4 Å². The van der Waals surface area contributed by atoms with Crippen LogP contribution in [0.15, 0.2) is 18.2 Å². The fraction of sp³-hybridized carbons (Fsp3) is 0.529. The number of hydrogen-bond donors (Lipinski definition) is 3. The number of carbonyl (C=O) groups excluding carboxylic acids is 2. The van der Waals surface area contributed by atoms with Gasteiger partial charge in [0.05, 0.1) is 10.6 Å². The molecule has 1 aromatic rings. The van der Waals surface area contributed by atoms with E-state index in [9.17, 15) is 9.59 Å². The summed E-state index contributed by atoms with van der Waals surface area (Å²) in [6, 6.07) is 4.91. The maximum absolute atomic E-state index is 12.4. The fourth-order valence-electron chi connectivity index (χ4n) is 2.47. The molecule has 7 heteroatoms. The molecule has 2 rings (SSSR count). The summed E-state index contributed by atoms with van der Waals surface area (Å²) in [5.41, 5.74) is 6.64. The van der Waals surface area contributed by atoms with Gasteiger partial charge in [0.1, 0.15) is 0 Å². The Morgan fingerprint density at radius 2 is 2.00 bits per heavy atom. The molecule has 0 saturated heterocycles. The molecular weight excluding hydrogens is 349 g/mol. The van der Waals surface area contributed by atoms with Crippen LogP contribution in [0.25, 0.3) is 0 Å². The van der Waals surface area contributed by atoms with Gasteiger partial charge in [-0.15, -0.1) is 12.4 Å². The Kier molecular flexibility index (Phi) is 8.00. The van der Waals surface area contributed by atoms with Crippen LogP contribution in [-0.4, -0.2) is 24.4 Å². The lowest BCUT2D eigenvalue weighted by Crippen LogP contribution is -2.41. The number of benzene rings is 1. The molecule has 1 aliphatic rings. The SMILES string of the molecule is CC(C)CC(=O)Nc1ccc(Cl)c(C(=O)NC(CN)C2CC2)c1.Cl. The van der Waals surface area contributed by atoms with Crippen LogP contribution in [0, 0.1) is 11.8 Å². The summed E-state index contributed by atoms with van der Waals surface area (Å²) in [4.78, 5) is 24.3. The minimum atomic E-state index is -0.252. The molecule has 5 nitrogen and oxygen atoms in total. The molecule has 1 unspecified atom stereocenters. The first-order chi connectivity index (χ1) is 10.9. The van der Waals surface area contributed by atoms with E-state index in [4.69, 9.17) is 17.3 Å². The minimum absolute atomic E-state index is 0. The smallest absolute Gasteiger partial charge is 0.253 e. The number of carbonyl (C=O) groups is 2. The van der Waals surface area contributed by atoms with Gasteiger partial charge in [-0.2, -0.15) is 0 Å². The molecule has 134 valence electrons. The number of hydrogen-bond acceptors (Lipinski definition) is 3. The summed E-state index contributed by atoms with van der Waals surface area (Å²) in [6.07, 6.45) is 2.63. The van der Waals surface area contributed by atoms with E-state index in [0.29, 0.717) is 35.2 Å². The average Bonchev–Trinajstić information content (AvgIpc) is 3.30. The van der Waals surface area contributed by atoms with Gasteiger partial charge in [0.2, 0.25) is 5.91 Å². The monoisotopic (exact) mass is 373 g/mol. The van der Waals surface area contributed by atoms with Crippen LogP contribution in [0.2, 0.25) is 5.02 Å². The Morgan fingerprint density at radius 3 is 2.54 bits per heavy atom. The van der Waals surface area contributed by atoms with Crippen molar-refractivity contribution < 1.29 is 9.59 Å². The van der Waals surface area contributed by atoms with Crippen LogP contribution < -0.4 is 16.4 Å². The van der Waals surface area contributed by atoms with E-state index in [-0.39, 0.29) is 36.2 Å². The first kappa shape index (κ1) is 20.7. The average molecular weight is 374 g/mol. The lowest BCUT2D eigenvalue weighted by molar-refractivity contribution is -0.116. The van der Waals surface area contributed by atoms with Gasteiger partial charge in [0, 0.05) is 24.7 Å². The Balaban J connectivity index is 0.00000288. The van der Waals surface area contributed by atoms with Gasteiger partial charge in [0.15, 0.2) is 0 Å². The zero-order valence-corrected chi connectivity index (χ0v) is 15.5. The number of anilines is 1. The molecule has 1 fully saturated rings. The number of nitrogens with two attached hydrogens (primary N) is 1. The molecule has 1 saturated carbocycles. The first-order valence-electron chi connectivity index (χ1n) is 8.01. The Morgan fingerprint density at radius 1 is 1.33 bits per heavy atom.